The SMILES string of the molecule is COC(=O)c1ccc2c(c1)N(C(C)=O)C(=O)C2=Cc1ccccc1OC. The van der Waals surface area contributed by atoms with Gasteiger partial charge in [-0.15, -0.1) is 0 Å². The van der Waals surface area contributed by atoms with Gasteiger partial charge in [-0.05, 0) is 24.3 Å². The van der Waals surface area contributed by atoms with Crippen LogP contribution in [0.3, 0.4) is 0 Å². The molecule has 0 saturated heterocycles. The molecule has 6 heteroatoms. The molecule has 2 amide bonds. The van der Waals surface area contributed by atoms with E-state index in [1.165, 1.54) is 20.1 Å². The summed E-state index contributed by atoms with van der Waals surface area (Å²) in [5, 5.41) is 0. The Morgan fingerprint density at radius 1 is 1.08 bits per heavy atom. The summed E-state index contributed by atoms with van der Waals surface area (Å²) in [7, 11) is 2.82. The third-order valence-corrected chi connectivity index (χ3v) is 4.14. The zero-order valence-electron chi connectivity index (χ0n) is 14.6. The number of imide groups is 1. The fourth-order valence-electron chi connectivity index (χ4n) is 2.93. The summed E-state index contributed by atoms with van der Waals surface area (Å²) < 4.78 is 10.0. The summed E-state index contributed by atoms with van der Waals surface area (Å²) in [6.07, 6.45) is 1.68. The molecule has 0 saturated carbocycles. The average molecular weight is 351 g/mol. The van der Waals surface area contributed by atoms with Crippen molar-refractivity contribution in [3.05, 3.63) is 59.2 Å². The molecule has 3 rings (SSSR count). The third kappa shape index (κ3) is 2.86. The van der Waals surface area contributed by atoms with Gasteiger partial charge in [-0.25, -0.2) is 9.69 Å². The molecule has 0 N–H and O–H groups in total. The Hall–Kier alpha value is -3.41. The van der Waals surface area contributed by atoms with E-state index in [1.54, 1.807) is 31.4 Å². The summed E-state index contributed by atoms with van der Waals surface area (Å²) in [5.41, 5.74) is 2.28. The molecule has 0 atom stereocenters. The number of benzene rings is 2. The minimum Gasteiger partial charge on any atom is -0.496 e. The topological polar surface area (TPSA) is 72.9 Å². The molecule has 26 heavy (non-hydrogen) atoms. The van der Waals surface area contributed by atoms with Crippen molar-refractivity contribution in [2.24, 2.45) is 0 Å². The van der Waals surface area contributed by atoms with Gasteiger partial charge in [0.15, 0.2) is 0 Å². The first-order valence-corrected chi connectivity index (χ1v) is 7.90. The third-order valence-electron chi connectivity index (χ3n) is 4.14. The molecular weight excluding hydrogens is 334 g/mol. The van der Waals surface area contributed by atoms with Crippen molar-refractivity contribution < 1.29 is 23.9 Å². The van der Waals surface area contributed by atoms with Crippen molar-refractivity contribution in [3.8, 4) is 5.75 Å². The molecule has 132 valence electrons. The summed E-state index contributed by atoms with van der Waals surface area (Å²) in [4.78, 5) is 37.7. The fraction of sp³-hybridized carbons (Fsp3) is 0.150. The Labute approximate surface area is 150 Å². The van der Waals surface area contributed by atoms with Gasteiger partial charge in [0.1, 0.15) is 5.75 Å². The second-order valence-electron chi connectivity index (χ2n) is 5.68. The minimum absolute atomic E-state index is 0.267. The van der Waals surface area contributed by atoms with Gasteiger partial charge in [-0.3, -0.25) is 9.59 Å². The highest BCUT2D eigenvalue weighted by Crippen LogP contribution is 2.39. The highest BCUT2D eigenvalue weighted by Gasteiger charge is 2.35. The number of hydrogen-bond donors (Lipinski definition) is 0. The molecular formula is C20H17NO5. The van der Waals surface area contributed by atoms with Crippen molar-refractivity contribution in [2.75, 3.05) is 19.1 Å². The zero-order chi connectivity index (χ0) is 18.8. The lowest BCUT2D eigenvalue weighted by Gasteiger charge is -2.12. The Morgan fingerprint density at radius 2 is 1.81 bits per heavy atom. The van der Waals surface area contributed by atoms with Crippen LogP contribution in [-0.2, 0) is 14.3 Å². The predicted octanol–water partition coefficient (Wildman–Crippen LogP) is 2.92. The highest BCUT2D eigenvalue weighted by atomic mass is 16.5. The van der Waals surface area contributed by atoms with Gasteiger partial charge in [0, 0.05) is 18.1 Å². The quantitative estimate of drug-likeness (QED) is 0.628. The Balaban J connectivity index is 2.18. The zero-order valence-corrected chi connectivity index (χ0v) is 14.6. The van der Waals surface area contributed by atoms with E-state index in [0.29, 0.717) is 28.1 Å². The molecule has 0 spiro atoms. The molecule has 2 aromatic rings. The number of carbonyl (C=O) groups is 3. The molecule has 0 aromatic heterocycles. The molecule has 0 unspecified atom stereocenters. The van der Waals surface area contributed by atoms with E-state index in [-0.39, 0.29) is 5.56 Å². The van der Waals surface area contributed by atoms with Gasteiger partial charge in [0.05, 0.1) is 31.0 Å². The maximum Gasteiger partial charge on any atom is 0.337 e. The van der Waals surface area contributed by atoms with Crippen LogP contribution in [0.4, 0.5) is 5.69 Å². The smallest absolute Gasteiger partial charge is 0.337 e. The van der Waals surface area contributed by atoms with Crippen molar-refractivity contribution in [3.63, 3.8) is 0 Å². The van der Waals surface area contributed by atoms with Gasteiger partial charge >= 0.3 is 5.97 Å². The van der Waals surface area contributed by atoms with E-state index >= 15 is 0 Å². The first-order chi connectivity index (χ1) is 12.5. The highest BCUT2D eigenvalue weighted by molar-refractivity contribution is 6.42. The van der Waals surface area contributed by atoms with Crippen molar-refractivity contribution >= 4 is 35.1 Å². The molecule has 0 bridgehead atoms. The molecule has 0 fully saturated rings. The monoisotopic (exact) mass is 351 g/mol. The van der Waals surface area contributed by atoms with Crippen LogP contribution >= 0.6 is 0 Å². The molecule has 0 aliphatic carbocycles. The number of carbonyl (C=O) groups excluding carboxylic acids is 3. The van der Waals surface area contributed by atoms with E-state index in [2.05, 4.69) is 0 Å². The van der Waals surface area contributed by atoms with Crippen molar-refractivity contribution in [2.45, 2.75) is 6.92 Å². The standard InChI is InChI=1S/C20H17NO5/c1-12(22)21-17-11-14(20(24)26-3)8-9-15(17)16(19(21)23)10-13-6-4-5-7-18(13)25-2/h4-11H,1-3H3. The lowest BCUT2D eigenvalue weighted by atomic mass is 10.0. The largest absolute Gasteiger partial charge is 0.496 e. The molecule has 6 nitrogen and oxygen atoms in total. The summed E-state index contributed by atoms with van der Waals surface area (Å²) >= 11 is 0. The summed E-state index contributed by atoms with van der Waals surface area (Å²) in [6.45, 7) is 1.30. The van der Waals surface area contributed by atoms with Crippen LogP contribution in [0.1, 0.15) is 28.4 Å². The van der Waals surface area contributed by atoms with Gasteiger partial charge in [0.2, 0.25) is 5.91 Å². The van der Waals surface area contributed by atoms with Gasteiger partial charge in [-0.2, -0.15) is 0 Å². The number of esters is 1. The van der Waals surface area contributed by atoms with E-state index in [9.17, 15) is 14.4 Å². The van der Waals surface area contributed by atoms with Crippen LogP contribution in [0.15, 0.2) is 42.5 Å². The summed E-state index contributed by atoms with van der Waals surface area (Å²) in [5.74, 6) is -0.796. The molecule has 0 radical (unpaired) electrons. The fourth-order valence-corrected chi connectivity index (χ4v) is 2.93. The Morgan fingerprint density at radius 3 is 2.46 bits per heavy atom. The van der Waals surface area contributed by atoms with Crippen LogP contribution in [0.2, 0.25) is 0 Å². The molecule has 1 aliphatic heterocycles. The van der Waals surface area contributed by atoms with Crippen molar-refractivity contribution in [1.82, 2.24) is 0 Å². The number of hydrogen-bond acceptors (Lipinski definition) is 5. The number of rotatable bonds is 3. The Kier molecular flexibility index (Phi) is 4.58. The molecule has 1 heterocycles. The van der Waals surface area contributed by atoms with E-state index in [4.69, 9.17) is 9.47 Å². The maximum atomic E-state index is 12.8. The number of amides is 2. The van der Waals surface area contributed by atoms with Crippen LogP contribution in [0.25, 0.3) is 11.6 Å². The Bertz CT molecular complexity index is 945. The normalized spacial score (nSPS) is 14.3. The molecule has 2 aromatic carbocycles. The lowest BCUT2D eigenvalue weighted by Crippen LogP contribution is -2.31. The number of ether oxygens (including phenoxy) is 2. The van der Waals surface area contributed by atoms with Gasteiger partial charge in [-0.1, -0.05) is 24.3 Å². The predicted molar refractivity (Wildman–Crippen MR) is 96.8 cm³/mol. The second-order valence-corrected chi connectivity index (χ2v) is 5.68. The van der Waals surface area contributed by atoms with E-state index in [0.717, 1.165) is 4.90 Å². The molecule has 1 aliphatic rings. The number of fused-ring (bicyclic) bond motifs is 1. The minimum atomic E-state index is -0.536. The van der Waals surface area contributed by atoms with Crippen LogP contribution in [0.5, 0.6) is 5.75 Å². The number of para-hydroxylation sites is 1. The first-order valence-electron chi connectivity index (χ1n) is 7.90. The number of methoxy groups -OCH3 is 2. The number of anilines is 1. The van der Waals surface area contributed by atoms with Crippen LogP contribution in [-0.4, -0.2) is 32.0 Å². The van der Waals surface area contributed by atoms with Gasteiger partial charge in [0.25, 0.3) is 5.91 Å². The van der Waals surface area contributed by atoms with E-state index < -0.39 is 17.8 Å². The lowest BCUT2D eigenvalue weighted by molar-refractivity contribution is -0.122. The first kappa shape index (κ1) is 17.4. The maximum absolute atomic E-state index is 12.8. The van der Waals surface area contributed by atoms with Crippen LogP contribution < -0.4 is 9.64 Å². The van der Waals surface area contributed by atoms with E-state index in [1.807, 2.05) is 18.2 Å². The number of nitrogens with zero attached hydrogens (tertiary/aromatic N) is 1. The average Bonchev–Trinajstić information content (AvgIpc) is 2.92. The van der Waals surface area contributed by atoms with Crippen molar-refractivity contribution in [1.29, 1.82) is 0 Å². The second kappa shape index (κ2) is 6.84. The van der Waals surface area contributed by atoms with Gasteiger partial charge < -0.3 is 9.47 Å². The van der Waals surface area contributed by atoms with Crippen LogP contribution in [0, 0.1) is 0 Å². The summed E-state index contributed by atoms with van der Waals surface area (Å²) in [6, 6.07) is 12.0.